The predicted octanol–water partition coefficient (Wildman–Crippen LogP) is 3.62. The first kappa shape index (κ1) is 14.9. The van der Waals surface area contributed by atoms with Gasteiger partial charge in [-0.05, 0) is 56.2 Å². The molecule has 1 N–H and O–H groups in total. The smallest absolute Gasteiger partial charge is 0.119 e. The lowest BCUT2D eigenvalue weighted by atomic mass is 9.61. The maximum atomic E-state index is 11.1. The third-order valence-corrected chi connectivity index (χ3v) is 4.91. The summed E-state index contributed by atoms with van der Waals surface area (Å²) in [6, 6.07) is 9.84. The zero-order chi connectivity index (χ0) is 14.8. The minimum Gasteiger partial charge on any atom is -0.497 e. The van der Waals surface area contributed by atoms with Gasteiger partial charge in [-0.3, -0.25) is 0 Å². The van der Waals surface area contributed by atoms with Crippen molar-refractivity contribution in [1.82, 2.24) is 0 Å². The fourth-order valence-electron chi connectivity index (χ4n) is 3.16. The average Bonchev–Trinajstić information content (AvgIpc) is 2.48. The summed E-state index contributed by atoms with van der Waals surface area (Å²) in [6.45, 7) is 3.97. The molecule has 1 unspecified atom stereocenters. The van der Waals surface area contributed by atoms with Crippen LogP contribution in [0.4, 0.5) is 0 Å². The molecule has 108 valence electrons. The van der Waals surface area contributed by atoms with E-state index in [1.165, 1.54) is 0 Å². The van der Waals surface area contributed by atoms with E-state index in [1.807, 2.05) is 24.3 Å². The number of methoxy groups -OCH3 is 1. The third kappa shape index (κ3) is 2.41. The molecule has 3 nitrogen and oxygen atoms in total. The normalized spacial score (nSPS) is 29.2. The van der Waals surface area contributed by atoms with Gasteiger partial charge in [0, 0.05) is 0 Å². The van der Waals surface area contributed by atoms with Crippen LogP contribution in [0.15, 0.2) is 24.3 Å². The van der Waals surface area contributed by atoms with E-state index in [4.69, 9.17) is 4.74 Å². The minimum absolute atomic E-state index is 0.637. The highest BCUT2D eigenvalue weighted by atomic mass is 16.5. The molecule has 1 aliphatic rings. The molecule has 1 aromatic rings. The van der Waals surface area contributed by atoms with Crippen molar-refractivity contribution in [2.45, 2.75) is 45.1 Å². The van der Waals surface area contributed by atoms with Gasteiger partial charge in [0.25, 0.3) is 0 Å². The molecular formula is C17H23NO2. The second kappa shape index (κ2) is 5.46. The highest BCUT2D eigenvalue weighted by molar-refractivity contribution is 5.35. The van der Waals surface area contributed by atoms with Gasteiger partial charge in [-0.15, -0.1) is 0 Å². The Morgan fingerprint density at radius 3 is 2.60 bits per heavy atom. The van der Waals surface area contributed by atoms with Gasteiger partial charge >= 0.3 is 0 Å². The largest absolute Gasteiger partial charge is 0.497 e. The molecule has 1 aromatic carbocycles. The van der Waals surface area contributed by atoms with Crippen LogP contribution >= 0.6 is 0 Å². The fraction of sp³-hybridized carbons (Fsp3) is 0.588. The average molecular weight is 273 g/mol. The van der Waals surface area contributed by atoms with Crippen molar-refractivity contribution in [1.29, 1.82) is 5.26 Å². The van der Waals surface area contributed by atoms with Crippen molar-refractivity contribution in [3.8, 4) is 11.8 Å². The number of rotatable bonds is 3. The van der Waals surface area contributed by atoms with E-state index in [9.17, 15) is 10.4 Å². The van der Waals surface area contributed by atoms with Crippen LogP contribution < -0.4 is 4.74 Å². The van der Waals surface area contributed by atoms with E-state index < -0.39 is 11.0 Å². The molecule has 2 rings (SSSR count). The van der Waals surface area contributed by atoms with Gasteiger partial charge in [0.15, 0.2) is 0 Å². The second-order valence-electron chi connectivity index (χ2n) is 6.18. The molecule has 0 spiro atoms. The maximum absolute atomic E-state index is 11.1. The number of hydrogen-bond donors (Lipinski definition) is 1. The Balaban J connectivity index is 2.38. The van der Waals surface area contributed by atoms with Crippen LogP contribution in [0.3, 0.4) is 0 Å². The summed E-state index contributed by atoms with van der Waals surface area (Å²) in [5, 5.41) is 20.8. The summed E-state index contributed by atoms with van der Waals surface area (Å²) in [6.07, 6.45) is 3.48. The van der Waals surface area contributed by atoms with E-state index in [0.717, 1.165) is 31.2 Å². The Hall–Kier alpha value is -1.53. The predicted molar refractivity (Wildman–Crippen MR) is 78.2 cm³/mol. The van der Waals surface area contributed by atoms with E-state index in [2.05, 4.69) is 13.0 Å². The lowest BCUT2D eigenvalue weighted by Gasteiger charge is -2.44. The van der Waals surface area contributed by atoms with Gasteiger partial charge < -0.3 is 9.84 Å². The van der Waals surface area contributed by atoms with Gasteiger partial charge in [0.2, 0.25) is 0 Å². The molecule has 3 heteroatoms. The molecule has 1 atom stereocenters. The van der Waals surface area contributed by atoms with E-state index >= 15 is 0 Å². The summed E-state index contributed by atoms with van der Waals surface area (Å²) in [5.74, 6) is 1.35. The standard InChI is InChI=1S/C17H23NO2/c1-13-7-9-17(12-18,10-8-13)16(2,19)14-5-4-6-15(11-14)20-3/h4-6,11,13,19H,7-10H2,1-3H3. The molecule has 1 saturated carbocycles. The van der Waals surface area contributed by atoms with Crippen molar-refractivity contribution >= 4 is 0 Å². The molecule has 0 aliphatic heterocycles. The van der Waals surface area contributed by atoms with Crippen LogP contribution in [-0.2, 0) is 5.60 Å². The molecule has 0 saturated heterocycles. The quantitative estimate of drug-likeness (QED) is 0.915. The lowest BCUT2D eigenvalue weighted by Crippen LogP contribution is -2.45. The van der Waals surface area contributed by atoms with Crippen molar-refractivity contribution in [2.24, 2.45) is 11.3 Å². The van der Waals surface area contributed by atoms with Crippen LogP contribution in [0.2, 0.25) is 0 Å². The molecule has 0 heterocycles. The number of benzene rings is 1. The topological polar surface area (TPSA) is 53.2 Å². The molecule has 1 fully saturated rings. The van der Waals surface area contributed by atoms with Crippen LogP contribution in [0.1, 0.15) is 45.1 Å². The Kier molecular flexibility index (Phi) is 4.06. The fourth-order valence-corrected chi connectivity index (χ4v) is 3.16. The third-order valence-electron chi connectivity index (χ3n) is 4.91. The van der Waals surface area contributed by atoms with Crippen molar-refractivity contribution in [3.63, 3.8) is 0 Å². The molecule has 0 radical (unpaired) electrons. The number of nitriles is 1. The van der Waals surface area contributed by atoms with Crippen LogP contribution in [0.25, 0.3) is 0 Å². The van der Waals surface area contributed by atoms with E-state index in [0.29, 0.717) is 11.7 Å². The van der Waals surface area contributed by atoms with Gasteiger partial charge in [0.1, 0.15) is 11.4 Å². The Labute approximate surface area is 121 Å². The highest BCUT2D eigenvalue weighted by Gasteiger charge is 2.50. The molecule has 0 amide bonds. The first-order chi connectivity index (χ1) is 9.45. The van der Waals surface area contributed by atoms with Crippen molar-refractivity contribution in [2.75, 3.05) is 7.11 Å². The van der Waals surface area contributed by atoms with Crippen LogP contribution in [-0.4, -0.2) is 12.2 Å². The highest BCUT2D eigenvalue weighted by Crippen LogP contribution is 2.50. The Morgan fingerprint density at radius 1 is 1.40 bits per heavy atom. The number of ether oxygens (including phenoxy) is 1. The summed E-state index contributed by atoms with van der Waals surface area (Å²) in [5.41, 5.74) is -1.10. The van der Waals surface area contributed by atoms with Crippen LogP contribution in [0.5, 0.6) is 5.75 Å². The molecule has 0 aromatic heterocycles. The van der Waals surface area contributed by atoms with Gasteiger partial charge in [-0.2, -0.15) is 5.26 Å². The number of hydrogen-bond acceptors (Lipinski definition) is 3. The first-order valence-electron chi connectivity index (χ1n) is 7.23. The summed E-state index contributed by atoms with van der Waals surface area (Å²) >= 11 is 0. The monoisotopic (exact) mass is 273 g/mol. The minimum atomic E-state index is -1.16. The Bertz CT molecular complexity index is 508. The molecule has 20 heavy (non-hydrogen) atoms. The summed E-state index contributed by atoms with van der Waals surface area (Å²) in [4.78, 5) is 0. The van der Waals surface area contributed by atoms with Gasteiger partial charge in [-0.25, -0.2) is 0 Å². The number of aliphatic hydroxyl groups is 1. The first-order valence-corrected chi connectivity index (χ1v) is 7.23. The van der Waals surface area contributed by atoms with Crippen molar-refractivity contribution in [3.05, 3.63) is 29.8 Å². The SMILES string of the molecule is COc1cccc(C(C)(O)C2(C#N)CCC(C)CC2)c1. The maximum Gasteiger partial charge on any atom is 0.119 e. The molecular weight excluding hydrogens is 250 g/mol. The van der Waals surface area contributed by atoms with E-state index in [-0.39, 0.29) is 0 Å². The molecule has 0 bridgehead atoms. The van der Waals surface area contributed by atoms with Crippen molar-refractivity contribution < 1.29 is 9.84 Å². The van der Waals surface area contributed by atoms with Crippen LogP contribution in [0, 0.1) is 22.7 Å². The molecule has 1 aliphatic carbocycles. The summed E-state index contributed by atoms with van der Waals surface area (Å²) in [7, 11) is 1.61. The zero-order valence-corrected chi connectivity index (χ0v) is 12.5. The second-order valence-corrected chi connectivity index (χ2v) is 6.18. The number of nitrogens with zero attached hydrogens (tertiary/aromatic N) is 1. The Morgan fingerprint density at radius 2 is 2.05 bits per heavy atom. The van der Waals surface area contributed by atoms with E-state index in [1.54, 1.807) is 14.0 Å². The zero-order valence-electron chi connectivity index (χ0n) is 12.5. The lowest BCUT2D eigenvalue weighted by molar-refractivity contribution is -0.0687. The summed E-state index contributed by atoms with van der Waals surface area (Å²) < 4.78 is 5.23. The van der Waals surface area contributed by atoms with Gasteiger partial charge in [0.05, 0.1) is 18.6 Å². The van der Waals surface area contributed by atoms with Gasteiger partial charge in [-0.1, -0.05) is 19.1 Å².